The molecule has 2 rings (SSSR count). The van der Waals surface area contributed by atoms with E-state index in [4.69, 9.17) is 5.73 Å². The number of hydrogen-bond acceptors (Lipinski definition) is 2. The fourth-order valence-corrected chi connectivity index (χ4v) is 3.71. The van der Waals surface area contributed by atoms with Gasteiger partial charge in [-0.15, -0.1) is 0 Å². The molecular weight excluding hydrogens is 210 g/mol. The molecule has 0 aromatic carbocycles. The van der Waals surface area contributed by atoms with E-state index in [0.717, 1.165) is 38.0 Å². The lowest BCUT2D eigenvalue weighted by Gasteiger charge is -2.36. The molecule has 2 aliphatic rings. The van der Waals surface area contributed by atoms with E-state index in [2.05, 4.69) is 0 Å². The van der Waals surface area contributed by atoms with Crippen LogP contribution < -0.4 is 5.73 Å². The summed E-state index contributed by atoms with van der Waals surface area (Å²) in [5.74, 6) is 0.791. The zero-order valence-electron chi connectivity index (χ0n) is 11.2. The van der Waals surface area contributed by atoms with Crippen molar-refractivity contribution in [3.8, 4) is 0 Å². The molecule has 0 amide bonds. The highest BCUT2D eigenvalue weighted by Crippen LogP contribution is 2.34. The quantitative estimate of drug-likeness (QED) is 0.793. The van der Waals surface area contributed by atoms with Crippen LogP contribution in [0.15, 0.2) is 0 Å². The number of rotatable bonds is 3. The van der Waals surface area contributed by atoms with E-state index >= 15 is 0 Å². The molecule has 2 aliphatic carbocycles. The highest BCUT2D eigenvalue weighted by atomic mass is 16.3. The van der Waals surface area contributed by atoms with Crippen molar-refractivity contribution in [2.24, 2.45) is 11.7 Å². The normalized spacial score (nSPS) is 28.6. The zero-order valence-corrected chi connectivity index (χ0v) is 11.2. The van der Waals surface area contributed by atoms with Crippen molar-refractivity contribution in [3.63, 3.8) is 0 Å². The molecule has 2 heteroatoms. The third-order valence-electron chi connectivity index (χ3n) is 4.97. The van der Waals surface area contributed by atoms with Gasteiger partial charge in [0.1, 0.15) is 0 Å². The summed E-state index contributed by atoms with van der Waals surface area (Å²) in [6.45, 7) is 0. The van der Waals surface area contributed by atoms with Crippen LogP contribution in [0.5, 0.6) is 0 Å². The molecule has 1 atom stereocenters. The van der Waals surface area contributed by atoms with Gasteiger partial charge in [-0.2, -0.15) is 0 Å². The highest BCUT2D eigenvalue weighted by Gasteiger charge is 2.35. The van der Waals surface area contributed by atoms with Crippen molar-refractivity contribution < 1.29 is 5.11 Å². The van der Waals surface area contributed by atoms with Crippen molar-refractivity contribution in [1.29, 1.82) is 0 Å². The maximum atomic E-state index is 10.8. The largest absolute Gasteiger partial charge is 0.388 e. The van der Waals surface area contributed by atoms with Gasteiger partial charge >= 0.3 is 0 Å². The summed E-state index contributed by atoms with van der Waals surface area (Å²) in [4.78, 5) is 0. The third-order valence-corrected chi connectivity index (χ3v) is 4.97. The molecule has 1 unspecified atom stereocenters. The fraction of sp³-hybridized carbons (Fsp3) is 1.00. The SMILES string of the molecule is NC(CC1CCCC1)C1(O)CCCCCCC1. The maximum absolute atomic E-state index is 10.8. The minimum Gasteiger partial charge on any atom is -0.388 e. The Morgan fingerprint density at radius 3 is 2.06 bits per heavy atom. The van der Waals surface area contributed by atoms with Crippen molar-refractivity contribution in [1.82, 2.24) is 0 Å². The molecule has 0 aromatic heterocycles. The van der Waals surface area contributed by atoms with E-state index in [-0.39, 0.29) is 6.04 Å². The standard InChI is InChI=1S/C15H29NO/c16-14(12-13-8-4-5-9-13)15(17)10-6-2-1-3-7-11-15/h13-14,17H,1-12,16H2. The van der Waals surface area contributed by atoms with Crippen LogP contribution in [-0.4, -0.2) is 16.7 Å². The second-order valence-corrected chi connectivity index (χ2v) is 6.36. The Labute approximate surface area is 106 Å². The fourth-order valence-electron chi connectivity index (χ4n) is 3.71. The Bertz CT molecular complexity index is 215. The van der Waals surface area contributed by atoms with Gasteiger partial charge in [0.05, 0.1) is 5.60 Å². The zero-order chi connectivity index (χ0) is 12.1. The third kappa shape index (κ3) is 3.69. The summed E-state index contributed by atoms with van der Waals surface area (Å²) in [5.41, 5.74) is 5.78. The monoisotopic (exact) mass is 239 g/mol. The molecule has 2 fully saturated rings. The average Bonchev–Trinajstić information content (AvgIpc) is 2.76. The summed E-state index contributed by atoms with van der Waals surface area (Å²) in [5, 5.41) is 10.8. The first kappa shape index (κ1) is 13.4. The van der Waals surface area contributed by atoms with Gasteiger partial charge in [-0.05, 0) is 25.2 Å². The van der Waals surface area contributed by atoms with Gasteiger partial charge in [-0.3, -0.25) is 0 Å². The van der Waals surface area contributed by atoms with Gasteiger partial charge in [0.15, 0.2) is 0 Å². The van der Waals surface area contributed by atoms with Crippen LogP contribution in [0, 0.1) is 5.92 Å². The molecule has 0 spiro atoms. The Balaban J connectivity index is 1.86. The predicted octanol–water partition coefficient (Wildman–Crippen LogP) is 3.37. The first-order chi connectivity index (χ1) is 8.21. The van der Waals surface area contributed by atoms with E-state index in [9.17, 15) is 5.11 Å². The van der Waals surface area contributed by atoms with Gasteiger partial charge in [-0.25, -0.2) is 0 Å². The van der Waals surface area contributed by atoms with E-state index in [1.54, 1.807) is 0 Å². The van der Waals surface area contributed by atoms with Gasteiger partial charge in [-0.1, -0.05) is 57.8 Å². The van der Waals surface area contributed by atoms with E-state index in [1.807, 2.05) is 0 Å². The predicted molar refractivity (Wildman–Crippen MR) is 71.8 cm³/mol. The molecular formula is C15H29NO. The number of aliphatic hydroxyl groups is 1. The maximum Gasteiger partial charge on any atom is 0.0798 e. The van der Waals surface area contributed by atoms with Crippen LogP contribution >= 0.6 is 0 Å². The van der Waals surface area contributed by atoms with E-state index < -0.39 is 5.60 Å². The topological polar surface area (TPSA) is 46.2 Å². The summed E-state index contributed by atoms with van der Waals surface area (Å²) in [6, 6.07) is 0.0173. The second-order valence-electron chi connectivity index (χ2n) is 6.36. The van der Waals surface area contributed by atoms with Gasteiger partial charge in [0, 0.05) is 6.04 Å². The van der Waals surface area contributed by atoms with Gasteiger partial charge in [0.2, 0.25) is 0 Å². The van der Waals surface area contributed by atoms with Crippen molar-refractivity contribution in [2.75, 3.05) is 0 Å². The minimum atomic E-state index is -0.553. The van der Waals surface area contributed by atoms with Crippen LogP contribution in [0.2, 0.25) is 0 Å². The molecule has 0 saturated heterocycles. The minimum absolute atomic E-state index is 0.0173. The lowest BCUT2D eigenvalue weighted by molar-refractivity contribution is -0.0163. The van der Waals surface area contributed by atoms with Crippen molar-refractivity contribution in [3.05, 3.63) is 0 Å². The second kappa shape index (κ2) is 6.19. The van der Waals surface area contributed by atoms with Crippen LogP contribution in [0.25, 0.3) is 0 Å². The molecule has 0 aromatic rings. The average molecular weight is 239 g/mol. The molecule has 2 nitrogen and oxygen atoms in total. The number of hydrogen-bond donors (Lipinski definition) is 2. The van der Waals surface area contributed by atoms with Gasteiger partial charge in [0.25, 0.3) is 0 Å². The number of nitrogens with two attached hydrogens (primary N) is 1. The van der Waals surface area contributed by atoms with Gasteiger partial charge < -0.3 is 10.8 Å². The molecule has 0 radical (unpaired) electrons. The first-order valence-corrected chi connectivity index (χ1v) is 7.69. The van der Waals surface area contributed by atoms with E-state index in [1.165, 1.54) is 44.9 Å². The van der Waals surface area contributed by atoms with Crippen LogP contribution in [0.1, 0.15) is 77.0 Å². The first-order valence-electron chi connectivity index (χ1n) is 7.69. The Morgan fingerprint density at radius 1 is 0.941 bits per heavy atom. The lowest BCUT2D eigenvalue weighted by atomic mass is 9.78. The van der Waals surface area contributed by atoms with Crippen molar-refractivity contribution in [2.45, 2.75) is 88.7 Å². The van der Waals surface area contributed by atoms with Crippen LogP contribution in [0.4, 0.5) is 0 Å². The molecule has 2 saturated carbocycles. The molecule has 0 bridgehead atoms. The smallest absolute Gasteiger partial charge is 0.0798 e. The highest BCUT2D eigenvalue weighted by molar-refractivity contribution is 4.92. The van der Waals surface area contributed by atoms with Crippen LogP contribution in [0.3, 0.4) is 0 Å². The molecule has 0 heterocycles. The summed E-state index contributed by atoms with van der Waals surface area (Å²) < 4.78 is 0. The van der Waals surface area contributed by atoms with Crippen molar-refractivity contribution >= 4 is 0 Å². The Morgan fingerprint density at radius 2 is 1.47 bits per heavy atom. The summed E-state index contributed by atoms with van der Waals surface area (Å²) in [7, 11) is 0. The molecule has 0 aliphatic heterocycles. The molecule has 17 heavy (non-hydrogen) atoms. The molecule has 100 valence electrons. The Kier molecular flexibility index (Phi) is 4.87. The van der Waals surface area contributed by atoms with E-state index in [0.29, 0.717) is 0 Å². The molecule has 3 N–H and O–H groups in total. The van der Waals surface area contributed by atoms with Crippen LogP contribution in [-0.2, 0) is 0 Å². The summed E-state index contributed by atoms with van der Waals surface area (Å²) in [6.07, 6.45) is 14.5. The summed E-state index contributed by atoms with van der Waals surface area (Å²) >= 11 is 0. The Hall–Kier alpha value is -0.0800. The lowest BCUT2D eigenvalue weighted by Crippen LogP contribution is -2.49.